The maximum Gasteiger partial charge on any atom is 0.0672 e. The lowest BCUT2D eigenvalue weighted by Gasteiger charge is -2.43. The first-order valence-corrected chi connectivity index (χ1v) is 8.83. The highest BCUT2D eigenvalue weighted by molar-refractivity contribution is 4.98. The first-order valence-electron chi connectivity index (χ1n) is 8.83. The van der Waals surface area contributed by atoms with Crippen molar-refractivity contribution in [1.82, 2.24) is 4.90 Å². The van der Waals surface area contributed by atoms with Crippen LogP contribution in [0.5, 0.6) is 0 Å². The summed E-state index contributed by atoms with van der Waals surface area (Å²) in [6.07, 6.45) is 9.96. The molecule has 1 fully saturated rings. The molecule has 0 heterocycles. The van der Waals surface area contributed by atoms with Crippen LogP contribution in [0.4, 0.5) is 0 Å². The molecule has 20 heavy (non-hydrogen) atoms. The Hall–Kier alpha value is -0.550. The van der Waals surface area contributed by atoms with Crippen molar-refractivity contribution in [2.75, 3.05) is 6.54 Å². The summed E-state index contributed by atoms with van der Waals surface area (Å²) in [5.41, 5.74) is 0. The minimum Gasteiger partial charge on any atom is -0.296 e. The number of nitriles is 1. The number of hydrogen-bond acceptors (Lipinski definition) is 2. The van der Waals surface area contributed by atoms with Gasteiger partial charge in [-0.15, -0.1) is 0 Å². The largest absolute Gasteiger partial charge is 0.296 e. The third-order valence-corrected chi connectivity index (χ3v) is 5.14. The molecule has 0 aromatic heterocycles. The molecule has 0 radical (unpaired) electrons. The molecule has 0 saturated heterocycles. The highest BCUT2D eigenvalue weighted by Gasteiger charge is 2.35. The molecule has 0 N–H and O–H groups in total. The fourth-order valence-corrected chi connectivity index (χ4v) is 3.71. The molecular weight excluding hydrogens is 244 g/mol. The molecule has 0 bridgehead atoms. The molecule has 1 aliphatic rings. The molecule has 2 heteroatoms. The van der Waals surface area contributed by atoms with Crippen LogP contribution in [-0.2, 0) is 0 Å². The molecule has 4 atom stereocenters. The highest BCUT2D eigenvalue weighted by atomic mass is 15.2. The van der Waals surface area contributed by atoms with Crippen molar-refractivity contribution in [2.24, 2.45) is 11.8 Å². The van der Waals surface area contributed by atoms with Crippen LogP contribution in [0.3, 0.4) is 0 Å². The zero-order valence-electron chi connectivity index (χ0n) is 14.1. The van der Waals surface area contributed by atoms with Gasteiger partial charge in [-0.3, -0.25) is 4.90 Å². The van der Waals surface area contributed by atoms with E-state index >= 15 is 0 Å². The van der Waals surface area contributed by atoms with Crippen molar-refractivity contribution in [3.8, 4) is 6.07 Å². The molecule has 0 aliphatic heterocycles. The van der Waals surface area contributed by atoms with Crippen molar-refractivity contribution >= 4 is 0 Å². The Morgan fingerprint density at radius 1 is 1.20 bits per heavy atom. The molecule has 116 valence electrons. The first kappa shape index (κ1) is 17.5. The second-order valence-electron chi connectivity index (χ2n) is 6.62. The second-order valence-corrected chi connectivity index (χ2v) is 6.62. The van der Waals surface area contributed by atoms with Crippen LogP contribution in [0.25, 0.3) is 0 Å². The summed E-state index contributed by atoms with van der Waals surface area (Å²) < 4.78 is 0. The minimum atomic E-state index is 0.258. The normalized spacial score (nSPS) is 28.3. The van der Waals surface area contributed by atoms with Gasteiger partial charge in [0.25, 0.3) is 0 Å². The van der Waals surface area contributed by atoms with Crippen LogP contribution in [-0.4, -0.2) is 23.5 Å². The fourth-order valence-electron chi connectivity index (χ4n) is 3.71. The summed E-state index contributed by atoms with van der Waals surface area (Å²) in [6.45, 7) is 10.3. The monoisotopic (exact) mass is 278 g/mol. The van der Waals surface area contributed by atoms with Crippen LogP contribution >= 0.6 is 0 Å². The summed E-state index contributed by atoms with van der Waals surface area (Å²) in [5, 5.41) is 9.53. The van der Waals surface area contributed by atoms with E-state index in [2.05, 4.69) is 38.7 Å². The van der Waals surface area contributed by atoms with Gasteiger partial charge in [0.1, 0.15) is 0 Å². The molecule has 0 amide bonds. The van der Waals surface area contributed by atoms with E-state index in [0.717, 1.165) is 12.3 Å². The lowest BCUT2D eigenvalue weighted by Crippen LogP contribution is -2.48. The fraction of sp³-hybridized carbons (Fsp3) is 0.944. The summed E-state index contributed by atoms with van der Waals surface area (Å²) >= 11 is 0. The van der Waals surface area contributed by atoms with Crippen molar-refractivity contribution in [2.45, 2.75) is 91.1 Å². The van der Waals surface area contributed by atoms with E-state index in [9.17, 15) is 5.26 Å². The lowest BCUT2D eigenvalue weighted by atomic mass is 9.76. The smallest absolute Gasteiger partial charge is 0.0672 e. The molecule has 0 aromatic rings. The third-order valence-electron chi connectivity index (χ3n) is 5.14. The molecule has 1 aliphatic carbocycles. The predicted molar refractivity (Wildman–Crippen MR) is 86.5 cm³/mol. The van der Waals surface area contributed by atoms with Crippen molar-refractivity contribution in [3.05, 3.63) is 0 Å². The molecule has 2 nitrogen and oxygen atoms in total. The van der Waals surface area contributed by atoms with E-state index in [0.29, 0.717) is 12.1 Å². The third kappa shape index (κ3) is 4.77. The average Bonchev–Trinajstić information content (AvgIpc) is 2.48. The Morgan fingerprint density at radius 2 is 1.95 bits per heavy atom. The van der Waals surface area contributed by atoms with Gasteiger partial charge in [-0.25, -0.2) is 0 Å². The topological polar surface area (TPSA) is 27.0 Å². The van der Waals surface area contributed by atoms with Gasteiger partial charge in [0.15, 0.2) is 0 Å². The van der Waals surface area contributed by atoms with Gasteiger partial charge in [0, 0.05) is 12.1 Å². The molecule has 0 aromatic carbocycles. The lowest BCUT2D eigenvalue weighted by molar-refractivity contribution is 0.0629. The molecule has 0 spiro atoms. The van der Waals surface area contributed by atoms with E-state index < -0.39 is 0 Å². The highest BCUT2D eigenvalue weighted by Crippen LogP contribution is 2.35. The van der Waals surface area contributed by atoms with Crippen molar-refractivity contribution < 1.29 is 0 Å². The summed E-state index contributed by atoms with van der Waals surface area (Å²) in [6, 6.07) is 3.73. The Kier molecular flexibility index (Phi) is 8.22. The van der Waals surface area contributed by atoms with Gasteiger partial charge < -0.3 is 0 Å². The zero-order valence-corrected chi connectivity index (χ0v) is 14.1. The number of rotatable bonds is 8. The van der Waals surface area contributed by atoms with E-state index in [4.69, 9.17) is 0 Å². The molecule has 4 unspecified atom stereocenters. The number of unbranched alkanes of at least 4 members (excludes halogenated alkanes) is 1. The Balaban J connectivity index is 2.78. The Labute approximate surface area is 126 Å². The van der Waals surface area contributed by atoms with Crippen LogP contribution < -0.4 is 0 Å². The van der Waals surface area contributed by atoms with Crippen LogP contribution in [0.15, 0.2) is 0 Å². The van der Waals surface area contributed by atoms with Gasteiger partial charge in [-0.2, -0.15) is 5.26 Å². The maximum absolute atomic E-state index is 9.53. The SMILES string of the molecule is CCCCN(C(C)CC)C1CC(CCC)CCC1C#N. The van der Waals surface area contributed by atoms with E-state index in [-0.39, 0.29) is 5.92 Å². The quantitative estimate of drug-likeness (QED) is 0.625. The Morgan fingerprint density at radius 3 is 2.50 bits per heavy atom. The van der Waals surface area contributed by atoms with E-state index in [1.807, 2.05) is 0 Å². The van der Waals surface area contributed by atoms with Crippen molar-refractivity contribution in [3.63, 3.8) is 0 Å². The van der Waals surface area contributed by atoms with Gasteiger partial charge in [-0.1, -0.05) is 40.0 Å². The van der Waals surface area contributed by atoms with Gasteiger partial charge in [0.2, 0.25) is 0 Å². The zero-order chi connectivity index (χ0) is 15.0. The predicted octanol–water partition coefficient (Wildman–Crippen LogP) is 5.00. The average molecular weight is 278 g/mol. The van der Waals surface area contributed by atoms with Crippen LogP contribution in [0.2, 0.25) is 0 Å². The molecular formula is C18H34N2. The number of nitrogens with zero attached hydrogens (tertiary/aromatic N) is 2. The van der Waals surface area contributed by atoms with Crippen LogP contribution in [0.1, 0.15) is 79.1 Å². The second kappa shape index (κ2) is 9.40. The van der Waals surface area contributed by atoms with Gasteiger partial charge in [0.05, 0.1) is 12.0 Å². The molecule has 1 rings (SSSR count). The van der Waals surface area contributed by atoms with Crippen molar-refractivity contribution in [1.29, 1.82) is 5.26 Å². The standard InChI is InChI=1S/C18H34N2/c1-5-8-12-20(15(4)7-3)18-13-16(9-6-2)10-11-17(18)14-19/h15-18H,5-13H2,1-4H3. The van der Waals surface area contributed by atoms with Gasteiger partial charge >= 0.3 is 0 Å². The van der Waals surface area contributed by atoms with E-state index in [1.165, 1.54) is 51.5 Å². The van der Waals surface area contributed by atoms with E-state index in [1.54, 1.807) is 0 Å². The first-order chi connectivity index (χ1) is 9.67. The summed E-state index contributed by atoms with van der Waals surface area (Å²) in [5.74, 6) is 1.11. The molecule has 1 saturated carbocycles. The Bertz CT molecular complexity index is 294. The summed E-state index contributed by atoms with van der Waals surface area (Å²) in [4.78, 5) is 2.67. The summed E-state index contributed by atoms with van der Waals surface area (Å²) in [7, 11) is 0. The maximum atomic E-state index is 9.53. The van der Waals surface area contributed by atoms with Crippen LogP contribution in [0, 0.1) is 23.2 Å². The number of hydrogen-bond donors (Lipinski definition) is 0. The minimum absolute atomic E-state index is 0.258. The van der Waals surface area contributed by atoms with Gasteiger partial charge in [-0.05, 0) is 51.5 Å².